The van der Waals surface area contributed by atoms with Crippen molar-refractivity contribution in [1.82, 2.24) is 9.80 Å². The molecule has 0 aromatic carbocycles. The number of rotatable bonds is 7. The Morgan fingerprint density at radius 3 is 2.68 bits per heavy atom. The lowest BCUT2D eigenvalue weighted by Crippen LogP contribution is -2.37. The van der Waals surface area contributed by atoms with Crippen LogP contribution in [0, 0.1) is 0 Å². The summed E-state index contributed by atoms with van der Waals surface area (Å²) >= 11 is 12.2. The van der Waals surface area contributed by atoms with Gasteiger partial charge in [0.25, 0.3) is 0 Å². The molecule has 2 N–H and O–H groups in total. The fourth-order valence-electron chi connectivity index (χ4n) is 1.51. The number of nitrogens with two attached hydrogens (primary N) is 1. The zero-order valence-corrected chi connectivity index (χ0v) is 13.4. The Labute approximate surface area is 128 Å². The Morgan fingerprint density at radius 1 is 1.47 bits per heavy atom. The number of halogens is 1. The van der Waals surface area contributed by atoms with Crippen LogP contribution in [0.5, 0.6) is 0 Å². The maximum absolute atomic E-state index is 11.9. The number of thiophene rings is 1. The molecule has 7 heteroatoms. The summed E-state index contributed by atoms with van der Waals surface area (Å²) in [6.45, 7) is 1.64. The monoisotopic (exact) mass is 319 g/mol. The number of likely N-dealkylation sites (N-methyl/N-ethyl adjacent to an activating group) is 2. The van der Waals surface area contributed by atoms with E-state index in [1.54, 1.807) is 11.9 Å². The molecule has 1 aromatic heterocycles. The first-order valence-corrected chi connectivity index (χ1v) is 7.43. The van der Waals surface area contributed by atoms with Gasteiger partial charge < -0.3 is 10.6 Å². The Hall–Kier alpha value is -0.690. The SMILES string of the molecule is CN(CC(=O)N(C)CCC(N)=S)Cc1ccc(Cl)s1. The van der Waals surface area contributed by atoms with E-state index in [1.807, 2.05) is 24.1 Å². The third-order valence-electron chi connectivity index (χ3n) is 2.58. The fourth-order valence-corrected chi connectivity index (χ4v) is 2.77. The van der Waals surface area contributed by atoms with Crippen molar-refractivity contribution in [2.24, 2.45) is 5.73 Å². The number of carbonyl (C=O) groups excluding carboxylic acids is 1. The highest BCUT2D eigenvalue weighted by Crippen LogP contribution is 2.22. The summed E-state index contributed by atoms with van der Waals surface area (Å²) in [7, 11) is 3.67. The number of hydrogen-bond acceptors (Lipinski definition) is 4. The molecule has 0 spiro atoms. The molecule has 0 unspecified atom stereocenters. The summed E-state index contributed by atoms with van der Waals surface area (Å²) in [6.07, 6.45) is 0.557. The Kier molecular flexibility index (Phi) is 6.71. The largest absolute Gasteiger partial charge is 0.393 e. The van der Waals surface area contributed by atoms with E-state index in [1.165, 1.54) is 11.3 Å². The van der Waals surface area contributed by atoms with Crippen LogP contribution in [0.1, 0.15) is 11.3 Å². The van der Waals surface area contributed by atoms with Crippen molar-refractivity contribution in [3.8, 4) is 0 Å². The quantitative estimate of drug-likeness (QED) is 0.781. The highest BCUT2D eigenvalue weighted by molar-refractivity contribution is 7.80. The molecule has 19 heavy (non-hydrogen) atoms. The first kappa shape index (κ1) is 16.4. The van der Waals surface area contributed by atoms with Crippen LogP contribution in [0.3, 0.4) is 0 Å². The number of nitrogens with zero attached hydrogens (tertiary/aromatic N) is 2. The molecule has 1 aromatic rings. The Morgan fingerprint density at radius 2 is 2.16 bits per heavy atom. The van der Waals surface area contributed by atoms with Crippen LogP contribution in [0.2, 0.25) is 4.34 Å². The van der Waals surface area contributed by atoms with Gasteiger partial charge >= 0.3 is 0 Å². The molecular formula is C12H18ClN3OS2. The van der Waals surface area contributed by atoms with E-state index in [0.29, 0.717) is 31.0 Å². The van der Waals surface area contributed by atoms with Gasteiger partial charge in [-0.15, -0.1) is 11.3 Å². The molecule has 0 atom stereocenters. The number of thiocarbonyl (C=S) groups is 1. The first-order chi connectivity index (χ1) is 8.88. The van der Waals surface area contributed by atoms with Crippen LogP contribution in [0.25, 0.3) is 0 Å². The normalized spacial score (nSPS) is 10.7. The second-order valence-electron chi connectivity index (χ2n) is 4.41. The average molecular weight is 320 g/mol. The molecule has 0 radical (unpaired) electrons. The van der Waals surface area contributed by atoms with Crippen molar-refractivity contribution < 1.29 is 4.79 Å². The van der Waals surface area contributed by atoms with Gasteiger partial charge in [-0.1, -0.05) is 23.8 Å². The molecule has 0 bridgehead atoms. The van der Waals surface area contributed by atoms with Gasteiger partial charge in [0, 0.05) is 31.4 Å². The van der Waals surface area contributed by atoms with Gasteiger partial charge in [-0.2, -0.15) is 0 Å². The molecule has 1 rings (SSSR count). The van der Waals surface area contributed by atoms with Crippen LogP contribution in [-0.2, 0) is 11.3 Å². The van der Waals surface area contributed by atoms with E-state index in [4.69, 9.17) is 29.6 Å². The summed E-state index contributed by atoms with van der Waals surface area (Å²) in [5.74, 6) is 0.0569. The standard InChI is InChI=1S/C12H18ClN3OS2/c1-15(7-9-3-4-10(13)19-9)8-12(17)16(2)6-5-11(14)18/h3-4H,5-8H2,1-2H3,(H2,14,18). The Bertz CT molecular complexity index is 450. The van der Waals surface area contributed by atoms with Crippen molar-refractivity contribution in [3.05, 3.63) is 21.3 Å². The minimum absolute atomic E-state index is 0.0569. The minimum Gasteiger partial charge on any atom is -0.393 e. The molecule has 0 saturated carbocycles. The van der Waals surface area contributed by atoms with Crippen molar-refractivity contribution >= 4 is 46.1 Å². The lowest BCUT2D eigenvalue weighted by molar-refractivity contribution is -0.130. The van der Waals surface area contributed by atoms with Crippen molar-refractivity contribution in [2.45, 2.75) is 13.0 Å². The topological polar surface area (TPSA) is 49.6 Å². The van der Waals surface area contributed by atoms with Gasteiger partial charge in [-0.3, -0.25) is 9.69 Å². The number of amides is 1. The maximum atomic E-state index is 11.9. The van der Waals surface area contributed by atoms with Gasteiger partial charge in [0.05, 0.1) is 15.9 Å². The average Bonchev–Trinajstić information content (AvgIpc) is 2.71. The minimum atomic E-state index is 0.0569. The fraction of sp³-hybridized carbons (Fsp3) is 0.500. The first-order valence-electron chi connectivity index (χ1n) is 5.83. The van der Waals surface area contributed by atoms with Crippen LogP contribution in [0.4, 0.5) is 0 Å². The third kappa shape index (κ3) is 6.33. The smallest absolute Gasteiger partial charge is 0.236 e. The number of carbonyl (C=O) groups is 1. The summed E-state index contributed by atoms with van der Waals surface area (Å²) in [5, 5.41) is 0. The van der Waals surface area contributed by atoms with Gasteiger partial charge in [-0.05, 0) is 19.2 Å². The molecule has 1 heterocycles. The predicted octanol–water partition coefficient (Wildman–Crippen LogP) is 1.97. The summed E-state index contributed by atoms with van der Waals surface area (Å²) in [5.41, 5.74) is 5.42. The molecule has 0 aliphatic carbocycles. The molecular weight excluding hydrogens is 302 g/mol. The van der Waals surface area contributed by atoms with Crippen LogP contribution >= 0.6 is 35.2 Å². The van der Waals surface area contributed by atoms with E-state index < -0.39 is 0 Å². The highest BCUT2D eigenvalue weighted by atomic mass is 35.5. The molecule has 0 aliphatic heterocycles. The lowest BCUT2D eigenvalue weighted by atomic mass is 10.3. The third-order valence-corrected chi connectivity index (χ3v) is 4.00. The van der Waals surface area contributed by atoms with E-state index in [0.717, 1.165) is 9.21 Å². The summed E-state index contributed by atoms with van der Waals surface area (Å²) < 4.78 is 0.767. The molecule has 106 valence electrons. The van der Waals surface area contributed by atoms with Gasteiger partial charge in [0.15, 0.2) is 0 Å². The van der Waals surface area contributed by atoms with Gasteiger partial charge in [-0.25, -0.2) is 0 Å². The predicted molar refractivity (Wildman–Crippen MR) is 84.7 cm³/mol. The van der Waals surface area contributed by atoms with Crippen LogP contribution < -0.4 is 5.73 Å². The van der Waals surface area contributed by atoms with Crippen molar-refractivity contribution in [3.63, 3.8) is 0 Å². The molecule has 1 amide bonds. The lowest BCUT2D eigenvalue weighted by Gasteiger charge is -2.21. The maximum Gasteiger partial charge on any atom is 0.236 e. The van der Waals surface area contributed by atoms with Crippen molar-refractivity contribution in [2.75, 3.05) is 27.2 Å². The molecule has 0 aliphatic rings. The molecule has 0 saturated heterocycles. The number of hydrogen-bond donors (Lipinski definition) is 1. The van der Waals surface area contributed by atoms with E-state index in [9.17, 15) is 4.79 Å². The van der Waals surface area contributed by atoms with Crippen LogP contribution in [0.15, 0.2) is 12.1 Å². The zero-order chi connectivity index (χ0) is 14.4. The second-order valence-corrected chi connectivity index (χ2v) is 6.73. The van der Waals surface area contributed by atoms with Crippen molar-refractivity contribution in [1.29, 1.82) is 0 Å². The highest BCUT2D eigenvalue weighted by Gasteiger charge is 2.12. The van der Waals surface area contributed by atoms with E-state index in [2.05, 4.69) is 0 Å². The molecule has 0 fully saturated rings. The van der Waals surface area contributed by atoms with Gasteiger partial charge in [0.2, 0.25) is 5.91 Å². The Balaban J connectivity index is 2.36. The van der Waals surface area contributed by atoms with Crippen LogP contribution in [-0.4, -0.2) is 47.9 Å². The second kappa shape index (κ2) is 7.79. The van der Waals surface area contributed by atoms with Gasteiger partial charge in [0.1, 0.15) is 0 Å². The zero-order valence-electron chi connectivity index (χ0n) is 11.1. The summed E-state index contributed by atoms with van der Waals surface area (Å²) in [4.78, 5) is 17.1. The molecule has 4 nitrogen and oxygen atoms in total. The summed E-state index contributed by atoms with van der Waals surface area (Å²) in [6, 6.07) is 3.84. The van der Waals surface area contributed by atoms with E-state index in [-0.39, 0.29) is 5.91 Å². The van der Waals surface area contributed by atoms with E-state index >= 15 is 0 Å².